The van der Waals surface area contributed by atoms with Crippen LogP contribution in [0.3, 0.4) is 0 Å². The first-order chi connectivity index (χ1) is 13.8. The van der Waals surface area contributed by atoms with Gasteiger partial charge in [0, 0.05) is 24.0 Å². The number of rotatable bonds is 7. The maximum absolute atomic E-state index is 13.1. The van der Waals surface area contributed by atoms with E-state index in [1.54, 1.807) is 19.1 Å². The van der Waals surface area contributed by atoms with Crippen LogP contribution in [-0.4, -0.2) is 36.0 Å². The third kappa shape index (κ3) is 3.79. The number of hydrogen-bond donors (Lipinski definition) is 0. The second-order valence-corrected chi connectivity index (χ2v) is 7.90. The largest absolute Gasteiger partial charge is 0.490 e. The fraction of sp³-hybridized carbons (Fsp3) is 0.211. The van der Waals surface area contributed by atoms with Gasteiger partial charge in [-0.05, 0) is 32.0 Å². The van der Waals surface area contributed by atoms with Crippen LogP contribution in [-0.2, 0) is 10.0 Å². The van der Waals surface area contributed by atoms with E-state index in [2.05, 4.69) is 4.98 Å². The lowest BCUT2D eigenvalue weighted by molar-refractivity contribution is -0.385. The molecule has 3 aromatic rings. The van der Waals surface area contributed by atoms with Crippen LogP contribution < -0.4 is 9.47 Å². The molecule has 0 bridgehead atoms. The molecule has 0 spiro atoms. The number of aryl methyl sites for hydroxylation is 1. The van der Waals surface area contributed by atoms with Crippen molar-refractivity contribution >= 4 is 15.7 Å². The van der Waals surface area contributed by atoms with Gasteiger partial charge in [0.2, 0.25) is 5.75 Å². The highest BCUT2D eigenvalue weighted by Gasteiger charge is 2.26. The Morgan fingerprint density at radius 2 is 1.90 bits per heavy atom. The average molecular weight is 417 g/mol. The molecule has 0 aliphatic rings. The summed E-state index contributed by atoms with van der Waals surface area (Å²) in [6.07, 6.45) is 2.61. The molecule has 0 fully saturated rings. The molecular formula is C19H19N3O6S. The first kappa shape index (κ1) is 20.3. The van der Waals surface area contributed by atoms with Crippen molar-refractivity contribution in [3.05, 3.63) is 64.5 Å². The van der Waals surface area contributed by atoms with E-state index >= 15 is 0 Å². The van der Waals surface area contributed by atoms with Gasteiger partial charge in [0.25, 0.3) is 10.0 Å². The minimum Gasteiger partial charge on any atom is -0.490 e. The highest BCUT2D eigenvalue weighted by Crippen LogP contribution is 2.41. The fourth-order valence-electron chi connectivity index (χ4n) is 2.83. The predicted molar refractivity (Wildman–Crippen MR) is 106 cm³/mol. The van der Waals surface area contributed by atoms with Crippen LogP contribution in [0.25, 0.3) is 11.4 Å². The predicted octanol–water partition coefficient (Wildman–Crippen LogP) is 3.41. The summed E-state index contributed by atoms with van der Waals surface area (Å²) in [5.74, 6) is 0.110. The van der Waals surface area contributed by atoms with Crippen molar-refractivity contribution in [2.45, 2.75) is 18.7 Å². The van der Waals surface area contributed by atoms with Crippen LogP contribution in [0.15, 0.2) is 53.7 Å². The Morgan fingerprint density at radius 1 is 1.21 bits per heavy atom. The number of imidazole rings is 1. The maximum Gasteiger partial charge on any atom is 0.315 e. The highest BCUT2D eigenvalue weighted by atomic mass is 32.2. The van der Waals surface area contributed by atoms with E-state index in [1.807, 2.05) is 6.92 Å². The smallest absolute Gasteiger partial charge is 0.315 e. The molecule has 0 aliphatic carbocycles. The molecular weight excluding hydrogens is 398 g/mol. The first-order valence-electron chi connectivity index (χ1n) is 8.64. The molecule has 0 amide bonds. The van der Waals surface area contributed by atoms with Gasteiger partial charge in [0.05, 0.1) is 23.5 Å². The minimum absolute atomic E-state index is 0.0253. The number of nitro groups is 1. The number of aromatic nitrogens is 2. The van der Waals surface area contributed by atoms with Crippen molar-refractivity contribution in [2.75, 3.05) is 13.7 Å². The fourth-order valence-corrected chi connectivity index (χ4v) is 4.13. The quantitative estimate of drug-likeness (QED) is 0.427. The number of methoxy groups -OCH3 is 1. The maximum atomic E-state index is 13.1. The lowest BCUT2D eigenvalue weighted by atomic mass is 10.1. The lowest BCUT2D eigenvalue weighted by Gasteiger charge is -2.13. The summed E-state index contributed by atoms with van der Waals surface area (Å²) in [4.78, 5) is 15.1. The summed E-state index contributed by atoms with van der Waals surface area (Å²) in [6.45, 7) is 3.82. The second kappa shape index (κ2) is 7.92. The normalized spacial score (nSPS) is 11.3. The van der Waals surface area contributed by atoms with Gasteiger partial charge in [-0.3, -0.25) is 10.1 Å². The van der Waals surface area contributed by atoms with Gasteiger partial charge < -0.3 is 9.47 Å². The van der Waals surface area contributed by atoms with E-state index in [0.717, 1.165) is 9.54 Å². The third-order valence-electron chi connectivity index (χ3n) is 4.18. The Kier molecular flexibility index (Phi) is 5.55. The number of nitrogens with zero attached hydrogens (tertiary/aromatic N) is 3. The number of nitro benzene ring substituents is 1. The van der Waals surface area contributed by atoms with Gasteiger partial charge >= 0.3 is 5.69 Å². The van der Waals surface area contributed by atoms with Crippen LogP contribution in [0, 0.1) is 17.0 Å². The van der Waals surface area contributed by atoms with Crippen molar-refractivity contribution in [1.82, 2.24) is 8.96 Å². The molecule has 152 valence electrons. The summed E-state index contributed by atoms with van der Waals surface area (Å²) in [6, 6.07) is 9.06. The van der Waals surface area contributed by atoms with Gasteiger partial charge in [-0.1, -0.05) is 17.7 Å². The van der Waals surface area contributed by atoms with Crippen LogP contribution in [0.5, 0.6) is 11.5 Å². The molecule has 1 aromatic heterocycles. The molecule has 9 nitrogen and oxygen atoms in total. The van der Waals surface area contributed by atoms with Gasteiger partial charge in [0.1, 0.15) is 0 Å². The Balaban J connectivity index is 2.20. The Bertz CT molecular complexity index is 1150. The Morgan fingerprint density at radius 3 is 2.48 bits per heavy atom. The molecule has 0 N–H and O–H groups in total. The highest BCUT2D eigenvalue weighted by molar-refractivity contribution is 7.90. The van der Waals surface area contributed by atoms with Crippen LogP contribution >= 0.6 is 0 Å². The molecule has 0 atom stereocenters. The zero-order valence-corrected chi connectivity index (χ0v) is 16.8. The Hall–Kier alpha value is -3.40. The van der Waals surface area contributed by atoms with Crippen molar-refractivity contribution in [1.29, 1.82) is 0 Å². The van der Waals surface area contributed by atoms with Crippen molar-refractivity contribution in [2.24, 2.45) is 0 Å². The molecule has 2 aromatic carbocycles. The lowest BCUT2D eigenvalue weighted by Crippen LogP contribution is -2.13. The van der Waals surface area contributed by atoms with Gasteiger partial charge in [0.15, 0.2) is 11.6 Å². The number of hydrogen-bond acceptors (Lipinski definition) is 7. The Labute approximate surface area is 167 Å². The first-order valence-corrected chi connectivity index (χ1v) is 10.1. The zero-order chi connectivity index (χ0) is 21.2. The summed E-state index contributed by atoms with van der Waals surface area (Å²) in [7, 11) is -2.65. The van der Waals surface area contributed by atoms with E-state index in [1.165, 1.54) is 43.8 Å². The second-order valence-electron chi connectivity index (χ2n) is 6.08. The van der Waals surface area contributed by atoms with E-state index in [0.29, 0.717) is 0 Å². The van der Waals surface area contributed by atoms with E-state index in [-0.39, 0.29) is 40.1 Å². The average Bonchev–Trinajstić information content (AvgIpc) is 3.18. The minimum atomic E-state index is -3.95. The standard InChI is InChI=1S/C19H19N3O6S/c1-4-28-17-12-14(11-16(22(23)24)18(17)27-3)19-20-9-10-21(19)29(25,26)15-7-5-13(2)6-8-15/h5-12H,4H2,1-3H3. The van der Waals surface area contributed by atoms with Crippen molar-refractivity contribution in [3.63, 3.8) is 0 Å². The summed E-state index contributed by atoms with van der Waals surface area (Å²) >= 11 is 0. The summed E-state index contributed by atoms with van der Waals surface area (Å²) < 4.78 is 37.8. The van der Waals surface area contributed by atoms with Gasteiger partial charge in [-0.15, -0.1) is 0 Å². The van der Waals surface area contributed by atoms with E-state index in [4.69, 9.17) is 9.47 Å². The third-order valence-corrected chi connectivity index (χ3v) is 5.86. The SMILES string of the molecule is CCOc1cc(-c2nccn2S(=O)(=O)c2ccc(C)cc2)cc([N+](=O)[O-])c1OC. The molecule has 0 saturated carbocycles. The number of ether oxygens (including phenoxy) is 2. The molecule has 1 heterocycles. The van der Waals surface area contributed by atoms with Gasteiger partial charge in [-0.25, -0.2) is 17.4 Å². The molecule has 0 saturated heterocycles. The molecule has 0 unspecified atom stereocenters. The zero-order valence-electron chi connectivity index (χ0n) is 16.0. The topological polar surface area (TPSA) is 114 Å². The van der Waals surface area contributed by atoms with Crippen molar-refractivity contribution < 1.29 is 22.8 Å². The van der Waals surface area contributed by atoms with E-state index in [9.17, 15) is 18.5 Å². The molecule has 0 radical (unpaired) electrons. The number of benzene rings is 2. The van der Waals surface area contributed by atoms with Crippen LogP contribution in [0.2, 0.25) is 0 Å². The molecule has 3 rings (SSSR count). The summed E-state index contributed by atoms with van der Waals surface area (Å²) in [5.41, 5.74) is 0.777. The molecule has 29 heavy (non-hydrogen) atoms. The van der Waals surface area contributed by atoms with Gasteiger partial charge in [-0.2, -0.15) is 0 Å². The van der Waals surface area contributed by atoms with Crippen LogP contribution in [0.1, 0.15) is 12.5 Å². The molecule has 10 heteroatoms. The molecule has 0 aliphatic heterocycles. The van der Waals surface area contributed by atoms with E-state index < -0.39 is 14.9 Å². The van der Waals surface area contributed by atoms with Crippen molar-refractivity contribution in [3.8, 4) is 22.9 Å². The van der Waals surface area contributed by atoms with Crippen LogP contribution in [0.4, 0.5) is 5.69 Å². The summed E-state index contributed by atoms with van der Waals surface area (Å²) in [5, 5.41) is 11.5. The monoisotopic (exact) mass is 417 g/mol.